The Morgan fingerprint density at radius 1 is 1.42 bits per heavy atom. The zero-order chi connectivity index (χ0) is 13.7. The Morgan fingerprint density at radius 2 is 2.16 bits per heavy atom. The molecule has 19 heavy (non-hydrogen) atoms. The Morgan fingerprint density at radius 3 is 2.79 bits per heavy atom. The summed E-state index contributed by atoms with van der Waals surface area (Å²) < 4.78 is 11.7. The maximum Gasteiger partial charge on any atom is 0.260 e. The van der Waals surface area contributed by atoms with Crippen molar-refractivity contribution in [1.82, 2.24) is 4.90 Å². The van der Waals surface area contributed by atoms with Crippen molar-refractivity contribution in [3.8, 4) is 5.75 Å². The van der Waals surface area contributed by atoms with Crippen molar-refractivity contribution in [3.05, 3.63) is 28.2 Å². The molecule has 1 saturated heterocycles. The standard InChI is InChI=1S/C14H18BrNO3/c1-2-11-3-4-13(12(15)9-11)19-10-14(17)16-5-7-18-8-6-16/h3-4,9H,2,5-8,10H2,1H3. The minimum absolute atomic E-state index is 0.00904. The number of hydrogen-bond donors (Lipinski definition) is 0. The van der Waals surface area contributed by atoms with Crippen LogP contribution in [0.25, 0.3) is 0 Å². The van der Waals surface area contributed by atoms with Gasteiger partial charge in [-0.15, -0.1) is 0 Å². The van der Waals surface area contributed by atoms with Crippen molar-refractivity contribution in [2.24, 2.45) is 0 Å². The third kappa shape index (κ3) is 3.94. The van der Waals surface area contributed by atoms with E-state index in [1.807, 2.05) is 18.2 Å². The fourth-order valence-corrected chi connectivity index (χ4v) is 2.47. The van der Waals surface area contributed by atoms with Crippen LogP contribution < -0.4 is 4.74 Å². The van der Waals surface area contributed by atoms with E-state index in [2.05, 4.69) is 22.9 Å². The van der Waals surface area contributed by atoms with E-state index in [-0.39, 0.29) is 12.5 Å². The van der Waals surface area contributed by atoms with Gasteiger partial charge >= 0.3 is 0 Å². The molecule has 1 amide bonds. The number of rotatable bonds is 4. The van der Waals surface area contributed by atoms with Gasteiger partial charge in [0, 0.05) is 13.1 Å². The van der Waals surface area contributed by atoms with Gasteiger partial charge in [-0.1, -0.05) is 13.0 Å². The number of hydrogen-bond acceptors (Lipinski definition) is 3. The Balaban J connectivity index is 1.89. The van der Waals surface area contributed by atoms with Crippen LogP contribution in [0.15, 0.2) is 22.7 Å². The van der Waals surface area contributed by atoms with E-state index in [1.54, 1.807) is 4.90 Å². The van der Waals surface area contributed by atoms with Crippen LogP contribution in [0.5, 0.6) is 5.75 Å². The molecule has 1 aliphatic heterocycles. The van der Waals surface area contributed by atoms with Crippen molar-refractivity contribution < 1.29 is 14.3 Å². The summed E-state index contributed by atoms with van der Waals surface area (Å²) in [5, 5.41) is 0. The Hall–Kier alpha value is -1.07. The quantitative estimate of drug-likeness (QED) is 0.851. The molecule has 0 spiro atoms. The predicted molar refractivity (Wildman–Crippen MR) is 76.4 cm³/mol. The first-order chi connectivity index (χ1) is 9.20. The molecular weight excluding hydrogens is 310 g/mol. The van der Waals surface area contributed by atoms with Crippen molar-refractivity contribution in [2.45, 2.75) is 13.3 Å². The highest BCUT2D eigenvalue weighted by Crippen LogP contribution is 2.26. The summed E-state index contributed by atoms with van der Waals surface area (Å²) in [5.41, 5.74) is 1.23. The number of amides is 1. The van der Waals surface area contributed by atoms with Crippen molar-refractivity contribution in [2.75, 3.05) is 32.9 Å². The summed E-state index contributed by atoms with van der Waals surface area (Å²) in [4.78, 5) is 13.7. The van der Waals surface area contributed by atoms with Crippen LogP contribution in [0.1, 0.15) is 12.5 Å². The van der Waals surface area contributed by atoms with E-state index in [0.717, 1.165) is 10.9 Å². The number of carbonyl (C=O) groups excluding carboxylic acids is 1. The lowest BCUT2D eigenvalue weighted by Crippen LogP contribution is -2.43. The molecule has 5 heteroatoms. The number of benzene rings is 1. The summed E-state index contributed by atoms with van der Waals surface area (Å²) in [5.74, 6) is 0.716. The average Bonchev–Trinajstić information content (AvgIpc) is 2.46. The Bertz CT molecular complexity index is 444. The molecule has 4 nitrogen and oxygen atoms in total. The van der Waals surface area contributed by atoms with Crippen LogP contribution in [0.4, 0.5) is 0 Å². The number of halogens is 1. The molecule has 1 fully saturated rings. The zero-order valence-electron chi connectivity index (χ0n) is 11.0. The Kier molecular flexibility index (Phi) is 5.22. The third-order valence-electron chi connectivity index (χ3n) is 3.12. The van der Waals surface area contributed by atoms with Gasteiger partial charge in [0.15, 0.2) is 6.61 Å². The van der Waals surface area contributed by atoms with Gasteiger partial charge in [0.2, 0.25) is 0 Å². The number of aryl methyl sites for hydroxylation is 1. The minimum Gasteiger partial charge on any atom is -0.483 e. The number of morpholine rings is 1. The van der Waals surface area contributed by atoms with Crippen molar-refractivity contribution in [3.63, 3.8) is 0 Å². The molecule has 0 atom stereocenters. The number of ether oxygens (including phenoxy) is 2. The fraction of sp³-hybridized carbons (Fsp3) is 0.500. The van der Waals surface area contributed by atoms with E-state index in [4.69, 9.17) is 9.47 Å². The SMILES string of the molecule is CCc1ccc(OCC(=O)N2CCOCC2)c(Br)c1. The van der Waals surface area contributed by atoms with E-state index in [1.165, 1.54) is 5.56 Å². The van der Waals surface area contributed by atoms with Gasteiger partial charge in [-0.3, -0.25) is 4.79 Å². The molecule has 1 heterocycles. The van der Waals surface area contributed by atoms with E-state index in [0.29, 0.717) is 32.1 Å². The summed E-state index contributed by atoms with van der Waals surface area (Å²) in [7, 11) is 0. The largest absolute Gasteiger partial charge is 0.483 e. The summed E-state index contributed by atoms with van der Waals surface area (Å²) in [6.45, 7) is 4.70. The zero-order valence-corrected chi connectivity index (χ0v) is 12.6. The van der Waals surface area contributed by atoms with Gasteiger partial charge in [0.1, 0.15) is 5.75 Å². The molecule has 0 bridgehead atoms. The second-order valence-corrected chi connectivity index (χ2v) is 5.25. The lowest BCUT2D eigenvalue weighted by atomic mass is 10.2. The lowest BCUT2D eigenvalue weighted by molar-refractivity contribution is -0.137. The van der Waals surface area contributed by atoms with Gasteiger partial charge in [-0.25, -0.2) is 0 Å². The van der Waals surface area contributed by atoms with Gasteiger partial charge < -0.3 is 14.4 Å². The molecular formula is C14H18BrNO3. The second kappa shape index (κ2) is 6.91. The second-order valence-electron chi connectivity index (χ2n) is 4.40. The monoisotopic (exact) mass is 327 g/mol. The van der Waals surface area contributed by atoms with E-state index in [9.17, 15) is 4.79 Å². The molecule has 0 N–H and O–H groups in total. The fourth-order valence-electron chi connectivity index (χ4n) is 1.92. The summed E-state index contributed by atoms with van der Waals surface area (Å²) in [6.07, 6.45) is 0.978. The van der Waals surface area contributed by atoms with Crippen molar-refractivity contribution >= 4 is 21.8 Å². The molecule has 0 unspecified atom stereocenters. The molecule has 1 aliphatic rings. The molecule has 0 aromatic heterocycles. The van der Waals surface area contributed by atoms with E-state index >= 15 is 0 Å². The van der Waals surface area contributed by atoms with Crippen LogP contribution in [0, 0.1) is 0 Å². The van der Waals surface area contributed by atoms with Gasteiger partial charge in [-0.05, 0) is 40.0 Å². The predicted octanol–water partition coefficient (Wildman–Crippen LogP) is 2.25. The van der Waals surface area contributed by atoms with Crippen LogP contribution in [-0.2, 0) is 16.0 Å². The summed E-state index contributed by atoms with van der Waals surface area (Å²) in [6, 6.07) is 5.93. The third-order valence-corrected chi connectivity index (χ3v) is 3.74. The maximum atomic E-state index is 11.9. The normalized spacial score (nSPS) is 15.4. The molecule has 0 radical (unpaired) electrons. The van der Waals surface area contributed by atoms with Gasteiger partial charge in [-0.2, -0.15) is 0 Å². The van der Waals surface area contributed by atoms with Crippen LogP contribution in [-0.4, -0.2) is 43.7 Å². The highest BCUT2D eigenvalue weighted by atomic mass is 79.9. The minimum atomic E-state index is 0.00904. The first kappa shape index (κ1) is 14.3. The highest BCUT2D eigenvalue weighted by Gasteiger charge is 2.17. The van der Waals surface area contributed by atoms with Gasteiger partial charge in [0.05, 0.1) is 17.7 Å². The van der Waals surface area contributed by atoms with Crippen molar-refractivity contribution in [1.29, 1.82) is 0 Å². The molecule has 0 saturated carbocycles. The first-order valence-corrected chi connectivity index (χ1v) is 7.26. The number of carbonyl (C=O) groups is 1. The molecule has 2 rings (SSSR count). The van der Waals surface area contributed by atoms with Gasteiger partial charge in [0.25, 0.3) is 5.91 Å². The first-order valence-electron chi connectivity index (χ1n) is 6.47. The molecule has 1 aromatic rings. The van der Waals surface area contributed by atoms with E-state index < -0.39 is 0 Å². The molecule has 0 aliphatic carbocycles. The Labute approximate surface area is 121 Å². The lowest BCUT2D eigenvalue weighted by Gasteiger charge is -2.26. The molecule has 1 aromatic carbocycles. The topological polar surface area (TPSA) is 38.8 Å². The van der Waals surface area contributed by atoms with Crippen LogP contribution in [0.2, 0.25) is 0 Å². The van der Waals surface area contributed by atoms with Crippen LogP contribution >= 0.6 is 15.9 Å². The number of nitrogens with zero attached hydrogens (tertiary/aromatic N) is 1. The summed E-state index contributed by atoms with van der Waals surface area (Å²) >= 11 is 3.46. The van der Waals surface area contributed by atoms with Crippen LogP contribution in [0.3, 0.4) is 0 Å². The average molecular weight is 328 g/mol. The smallest absolute Gasteiger partial charge is 0.260 e. The maximum absolute atomic E-state index is 11.9. The highest BCUT2D eigenvalue weighted by molar-refractivity contribution is 9.10. The molecule has 104 valence electrons.